The van der Waals surface area contributed by atoms with E-state index in [1.54, 1.807) is 31.5 Å². The molecule has 0 atom stereocenters. The largest absolute Gasteiger partial charge is 0.497 e. The highest BCUT2D eigenvalue weighted by molar-refractivity contribution is 9.10. The van der Waals surface area contributed by atoms with Crippen molar-refractivity contribution in [2.45, 2.75) is 0 Å². The summed E-state index contributed by atoms with van der Waals surface area (Å²) >= 11 is 3.40. The van der Waals surface area contributed by atoms with Crippen LogP contribution in [0.3, 0.4) is 0 Å². The highest BCUT2D eigenvalue weighted by atomic mass is 79.9. The Morgan fingerprint density at radius 2 is 1.79 bits per heavy atom. The molecule has 144 valence electrons. The van der Waals surface area contributed by atoms with Gasteiger partial charge in [0.05, 0.1) is 24.6 Å². The van der Waals surface area contributed by atoms with Crippen molar-refractivity contribution in [3.05, 3.63) is 64.8 Å². The fourth-order valence-corrected chi connectivity index (χ4v) is 2.88. The number of benzene rings is 2. The Balaban J connectivity index is 1.69. The first-order valence-electron chi connectivity index (χ1n) is 8.48. The lowest BCUT2D eigenvalue weighted by Crippen LogP contribution is -2.12. The van der Waals surface area contributed by atoms with Crippen molar-refractivity contribution in [2.75, 3.05) is 36.7 Å². The predicted molar refractivity (Wildman–Crippen MR) is 115 cm³/mol. The van der Waals surface area contributed by atoms with Gasteiger partial charge in [0.15, 0.2) is 5.82 Å². The smallest absolute Gasteiger partial charge is 0.256 e. The van der Waals surface area contributed by atoms with E-state index in [9.17, 15) is 4.79 Å². The first kappa shape index (κ1) is 19.6. The fraction of sp³-hybridized carbons (Fsp3) is 0.150. The molecule has 1 amide bonds. The van der Waals surface area contributed by atoms with Gasteiger partial charge in [-0.05, 0) is 58.4 Å². The highest BCUT2D eigenvalue weighted by Crippen LogP contribution is 2.24. The number of hydrogen-bond acceptors (Lipinski definition) is 6. The molecule has 0 aliphatic rings. The van der Waals surface area contributed by atoms with Gasteiger partial charge in [-0.25, -0.2) is 0 Å². The van der Waals surface area contributed by atoms with Gasteiger partial charge >= 0.3 is 0 Å². The first-order chi connectivity index (χ1) is 13.5. The van der Waals surface area contributed by atoms with Crippen molar-refractivity contribution in [2.24, 2.45) is 0 Å². The van der Waals surface area contributed by atoms with Crippen molar-refractivity contribution < 1.29 is 9.53 Å². The third-order valence-electron chi connectivity index (χ3n) is 3.99. The molecule has 0 saturated heterocycles. The fourth-order valence-electron chi connectivity index (χ4n) is 2.45. The Hall–Kier alpha value is -3.13. The van der Waals surface area contributed by atoms with E-state index < -0.39 is 0 Å². The molecule has 0 aliphatic heterocycles. The lowest BCUT2D eigenvalue weighted by Gasteiger charge is -2.13. The van der Waals surface area contributed by atoms with E-state index in [0.29, 0.717) is 27.3 Å². The summed E-state index contributed by atoms with van der Waals surface area (Å²) in [6, 6.07) is 14.5. The number of carbonyl (C=O) groups is 1. The lowest BCUT2D eigenvalue weighted by atomic mass is 10.2. The van der Waals surface area contributed by atoms with Gasteiger partial charge in [0.1, 0.15) is 5.75 Å². The van der Waals surface area contributed by atoms with Gasteiger partial charge < -0.3 is 20.3 Å². The SMILES string of the molecule is COc1ccc(Br)c(C(=O)Nc2ccc(Nc3cc(N(C)C)cnn3)cc2)c1. The Bertz CT molecular complexity index is 977. The van der Waals surface area contributed by atoms with Crippen LogP contribution in [0.1, 0.15) is 10.4 Å². The summed E-state index contributed by atoms with van der Waals surface area (Å²) in [4.78, 5) is 14.5. The molecule has 1 aromatic heterocycles. The molecule has 2 N–H and O–H groups in total. The van der Waals surface area contributed by atoms with Crippen molar-refractivity contribution in [3.63, 3.8) is 0 Å². The van der Waals surface area contributed by atoms with Gasteiger partial charge in [0, 0.05) is 36.0 Å². The zero-order valence-corrected chi connectivity index (χ0v) is 17.3. The average Bonchev–Trinajstić information content (AvgIpc) is 2.70. The van der Waals surface area contributed by atoms with Crippen molar-refractivity contribution in [1.82, 2.24) is 10.2 Å². The van der Waals surface area contributed by atoms with E-state index in [0.717, 1.165) is 11.4 Å². The maximum absolute atomic E-state index is 12.5. The number of halogens is 1. The molecule has 0 spiro atoms. The van der Waals surface area contributed by atoms with Crippen LogP contribution >= 0.6 is 15.9 Å². The lowest BCUT2D eigenvalue weighted by molar-refractivity contribution is 0.102. The van der Waals surface area contributed by atoms with Crippen molar-refractivity contribution >= 4 is 44.7 Å². The van der Waals surface area contributed by atoms with Crippen LogP contribution in [0, 0.1) is 0 Å². The Morgan fingerprint density at radius 3 is 2.46 bits per heavy atom. The van der Waals surface area contributed by atoms with Gasteiger partial charge in [0.2, 0.25) is 0 Å². The number of rotatable bonds is 6. The summed E-state index contributed by atoms with van der Waals surface area (Å²) in [6.45, 7) is 0. The number of hydrogen-bond donors (Lipinski definition) is 2. The zero-order chi connectivity index (χ0) is 20.1. The van der Waals surface area contributed by atoms with E-state index in [2.05, 4.69) is 36.8 Å². The van der Waals surface area contributed by atoms with Crippen LogP contribution in [0.5, 0.6) is 5.75 Å². The maximum atomic E-state index is 12.5. The molecule has 1 heterocycles. The second-order valence-electron chi connectivity index (χ2n) is 6.20. The monoisotopic (exact) mass is 441 g/mol. The third-order valence-corrected chi connectivity index (χ3v) is 4.68. The standard InChI is InChI=1S/C20H20BrN5O2/c1-26(2)15-10-19(25-22-12-15)23-13-4-6-14(7-5-13)24-20(27)17-11-16(28-3)8-9-18(17)21/h4-12H,1-3H3,(H,23,25)(H,24,27). The summed E-state index contributed by atoms with van der Waals surface area (Å²) in [6.07, 6.45) is 1.69. The van der Waals surface area contributed by atoms with Gasteiger partial charge in [-0.3, -0.25) is 4.79 Å². The van der Waals surface area contributed by atoms with Crippen LogP contribution < -0.4 is 20.3 Å². The molecule has 3 aromatic rings. The van der Waals surface area contributed by atoms with Gasteiger partial charge in [-0.2, -0.15) is 5.10 Å². The minimum absolute atomic E-state index is 0.226. The molecule has 7 nitrogen and oxygen atoms in total. The number of anilines is 4. The molecule has 2 aromatic carbocycles. The second kappa shape index (κ2) is 8.71. The van der Waals surface area contributed by atoms with Crippen LogP contribution in [-0.4, -0.2) is 37.3 Å². The van der Waals surface area contributed by atoms with Crippen LogP contribution in [0.25, 0.3) is 0 Å². The summed E-state index contributed by atoms with van der Waals surface area (Å²) in [5, 5.41) is 14.1. The van der Waals surface area contributed by atoms with E-state index in [1.807, 2.05) is 49.3 Å². The molecule has 0 bridgehead atoms. The molecular formula is C20H20BrN5O2. The Morgan fingerprint density at radius 1 is 1.07 bits per heavy atom. The Kier molecular flexibility index (Phi) is 6.10. The van der Waals surface area contributed by atoms with Crippen molar-refractivity contribution in [1.29, 1.82) is 0 Å². The summed E-state index contributed by atoms with van der Waals surface area (Å²) < 4.78 is 5.88. The van der Waals surface area contributed by atoms with Crippen LogP contribution in [0.4, 0.5) is 22.9 Å². The highest BCUT2D eigenvalue weighted by Gasteiger charge is 2.12. The van der Waals surface area contributed by atoms with Gasteiger partial charge in [-0.1, -0.05) is 0 Å². The number of amides is 1. The normalized spacial score (nSPS) is 10.3. The molecule has 28 heavy (non-hydrogen) atoms. The number of nitrogens with one attached hydrogen (secondary N) is 2. The molecule has 0 saturated carbocycles. The van der Waals surface area contributed by atoms with Crippen molar-refractivity contribution in [3.8, 4) is 5.75 Å². The van der Waals surface area contributed by atoms with E-state index >= 15 is 0 Å². The molecular weight excluding hydrogens is 422 g/mol. The number of aromatic nitrogens is 2. The van der Waals surface area contributed by atoms with E-state index in [1.165, 1.54) is 0 Å². The molecule has 0 radical (unpaired) electrons. The molecule has 0 unspecified atom stereocenters. The number of carbonyl (C=O) groups excluding carboxylic acids is 1. The predicted octanol–water partition coefficient (Wildman–Crippen LogP) is 4.31. The minimum Gasteiger partial charge on any atom is -0.497 e. The zero-order valence-electron chi connectivity index (χ0n) is 15.7. The van der Waals surface area contributed by atoms with E-state index in [-0.39, 0.29) is 5.91 Å². The minimum atomic E-state index is -0.226. The van der Waals surface area contributed by atoms with Gasteiger partial charge in [0.25, 0.3) is 5.91 Å². The molecule has 0 fully saturated rings. The Labute approximate surface area is 171 Å². The summed E-state index contributed by atoms with van der Waals surface area (Å²) in [5.74, 6) is 1.04. The van der Waals surface area contributed by atoms with E-state index in [4.69, 9.17) is 4.74 Å². The molecule has 8 heteroatoms. The average molecular weight is 442 g/mol. The molecule has 0 aliphatic carbocycles. The topological polar surface area (TPSA) is 79.4 Å². The molecule has 3 rings (SSSR count). The number of ether oxygens (including phenoxy) is 1. The quantitative estimate of drug-likeness (QED) is 0.593. The van der Waals surface area contributed by atoms with Crippen LogP contribution in [0.15, 0.2) is 59.2 Å². The first-order valence-corrected chi connectivity index (χ1v) is 9.27. The summed E-state index contributed by atoms with van der Waals surface area (Å²) in [7, 11) is 5.45. The number of nitrogens with zero attached hydrogens (tertiary/aromatic N) is 3. The number of methoxy groups -OCH3 is 1. The van der Waals surface area contributed by atoms with Crippen LogP contribution in [-0.2, 0) is 0 Å². The maximum Gasteiger partial charge on any atom is 0.256 e. The summed E-state index contributed by atoms with van der Waals surface area (Å²) in [5.41, 5.74) is 2.96. The van der Waals surface area contributed by atoms with Gasteiger partial charge in [-0.15, -0.1) is 5.10 Å². The second-order valence-corrected chi connectivity index (χ2v) is 7.05. The van der Waals surface area contributed by atoms with Crippen LogP contribution in [0.2, 0.25) is 0 Å². The third kappa shape index (κ3) is 4.77.